The van der Waals surface area contributed by atoms with E-state index in [1.54, 1.807) is 0 Å². The number of anilines is 2. The van der Waals surface area contributed by atoms with Gasteiger partial charge in [0, 0.05) is 46.0 Å². The van der Waals surface area contributed by atoms with Gasteiger partial charge in [0.05, 0.1) is 11.4 Å². The van der Waals surface area contributed by atoms with E-state index in [2.05, 4.69) is 165 Å². The van der Waals surface area contributed by atoms with E-state index >= 15 is 0 Å². The summed E-state index contributed by atoms with van der Waals surface area (Å²) in [7, 11) is 0. The summed E-state index contributed by atoms with van der Waals surface area (Å²) < 4.78 is 0. The van der Waals surface area contributed by atoms with E-state index in [1.807, 2.05) is 36.4 Å². The number of benzene rings is 6. The minimum Gasteiger partial charge on any atom is -0.269 e. The van der Waals surface area contributed by atoms with Crippen molar-refractivity contribution in [2.24, 2.45) is 23.7 Å². The molecule has 0 bridgehead atoms. The lowest BCUT2D eigenvalue weighted by Gasteiger charge is -2.42. The lowest BCUT2D eigenvalue weighted by Crippen LogP contribution is -2.50. The minimum atomic E-state index is -0.324. The van der Waals surface area contributed by atoms with Crippen LogP contribution in [-0.4, -0.2) is 23.6 Å². The Labute approximate surface area is 455 Å². The normalized spacial score (nSPS) is 22.5. The Bertz CT molecular complexity index is 3880. The van der Waals surface area contributed by atoms with Crippen LogP contribution < -0.4 is 9.80 Å². The van der Waals surface area contributed by atoms with Crippen molar-refractivity contribution in [1.29, 1.82) is 0 Å². The molecule has 0 saturated carbocycles. The van der Waals surface area contributed by atoms with Gasteiger partial charge in [-0.1, -0.05) is 165 Å². The summed E-state index contributed by atoms with van der Waals surface area (Å²) in [6, 6.07) is 31.2. The van der Waals surface area contributed by atoms with E-state index in [1.165, 1.54) is 98.1 Å². The molecule has 0 spiro atoms. The summed E-state index contributed by atoms with van der Waals surface area (Å²) in [5.41, 5.74) is 22.8. The molecule has 78 heavy (non-hydrogen) atoms. The van der Waals surface area contributed by atoms with Crippen LogP contribution in [0.2, 0.25) is 0 Å². The van der Waals surface area contributed by atoms with Gasteiger partial charge in [-0.3, -0.25) is 19.2 Å². The monoisotopic (exact) mass is 1020 g/mol. The maximum atomic E-state index is 14.8. The van der Waals surface area contributed by atoms with Gasteiger partial charge in [-0.25, -0.2) is 9.80 Å². The van der Waals surface area contributed by atoms with Crippen molar-refractivity contribution < 1.29 is 19.2 Å². The Balaban J connectivity index is 0.765. The molecule has 4 unspecified atom stereocenters. The number of carbonyl (C=O) groups excluding carboxylic acids is 4. The summed E-state index contributed by atoms with van der Waals surface area (Å²) in [5.74, 6) is -1.12. The Hall–Kier alpha value is -8.22. The fourth-order valence-corrected chi connectivity index (χ4v) is 15.1. The molecule has 7 aliphatic carbocycles. The van der Waals surface area contributed by atoms with E-state index in [0.717, 1.165) is 46.5 Å². The van der Waals surface area contributed by atoms with Gasteiger partial charge in [0.15, 0.2) is 0 Å². The highest BCUT2D eigenvalue weighted by Crippen LogP contribution is 2.61. The van der Waals surface area contributed by atoms with Crippen LogP contribution >= 0.6 is 0 Å². The first-order valence-electron chi connectivity index (χ1n) is 28.3. The number of piperidine rings is 2. The molecular weight excluding hydrogens is 957 g/mol. The molecule has 15 rings (SSSR count). The van der Waals surface area contributed by atoms with Crippen LogP contribution in [0.3, 0.4) is 0 Å². The van der Waals surface area contributed by atoms with Crippen LogP contribution in [-0.2, 0) is 32.0 Å². The van der Waals surface area contributed by atoms with E-state index in [9.17, 15) is 19.2 Å². The summed E-state index contributed by atoms with van der Waals surface area (Å²) in [6.07, 6.45) is 23.0. The van der Waals surface area contributed by atoms with Crippen LogP contribution in [0.5, 0.6) is 0 Å². The van der Waals surface area contributed by atoms with Crippen LogP contribution in [0, 0.1) is 23.7 Å². The first kappa shape index (κ1) is 47.0. The molecule has 2 heterocycles. The number of carbonyl (C=O) groups is 4. The molecule has 2 aliphatic heterocycles. The van der Waals surface area contributed by atoms with Gasteiger partial charge < -0.3 is 0 Å². The number of nitrogens with zero attached hydrogens (tertiary/aromatic N) is 2. The number of imide groups is 2. The van der Waals surface area contributed by atoms with Crippen molar-refractivity contribution in [2.75, 3.05) is 9.80 Å². The first-order chi connectivity index (χ1) is 37.7. The number of hydrogen-bond donors (Lipinski definition) is 0. The molecule has 0 N–H and O–H groups in total. The molecule has 9 aliphatic rings. The number of hydrogen-bond acceptors (Lipinski definition) is 4. The smallest absolute Gasteiger partial charge is 0.261 e. The highest BCUT2D eigenvalue weighted by Gasteiger charge is 2.54. The van der Waals surface area contributed by atoms with Crippen molar-refractivity contribution >= 4 is 91.0 Å². The fraction of sp³-hybridized carbons (Fsp3) is 0.250. The first-order valence-corrected chi connectivity index (χ1v) is 28.3. The van der Waals surface area contributed by atoms with Gasteiger partial charge in [0.1, 0.15) is 0 Å². The molecule has 6 nitrogen and oxygen atoms in total. The van der Waals surface area contributed by atoms with E-state index in [0.29, 0.717) is 22.3 Å². The quantitative estimate of drug-likeness (QED) is 0.156. The Kier molecular flexibility index (Phi) is 10.0. The molecule has 0 aromatic heterocycles. The Morgan fingerprint density at radius 2 is 0.603 bits per heavy atom. The van der Waals surface area contributed by atoms with E-state index in [4.69, 9.17) is 0 Å². The fourth-order valence-electron chi connectivity index (χ4n) is 15.1. The second kappa shape index (κ2) is 16.6. The minimum absolute atomic E-state index is 0.0942. The standard InChI is InChI=1S/C72H60N2O4/c1-35(2)47-11-9-12-48(36(3)4)67(47)73-69(75)55-23-19-51-59-31-43-27-39-15-17-41-29-45-33-61-53-21-25-57-66-58(72(78)74(71(57)77)68-49(37(5)6)13-10-14-50(68)38(7)8)26-22-54(64(53)66)62(61)34-46(45)30-42(41)18-16-40(39)28-44(43)32-60(59)52-20-24-56(70(73)76)65(55)63(51)52/h9-15,17,19-38,63-66H,16,18H2,1-8H3/b17-15-. The summed E-state index contributed by atoms with van der Waals surface area (Å²) >= 11 is 0. The molecule has 4 atom stereocenters. The summed E-state index contributed by atoms with van der Waals surface area (Å²) in [5, 5.41) is 4.72. The van der Waals surface area contributed by atoms with Crippen LogP contribution in [0.25, 0.3) is 56.0 Å². The highest BCUT2D eigenvalue weighted by molar-refractivity contribution is 6.32. The third kappa shape index (κ3) is 6.37. The summed E-state index contributed by atoms with van der Waals surface area (Å²) in [4.78, 5) is 62.2. The number of amides is 4. The molecule has 6 aromatic rings. The van der Waals surface area contributed by atoms with Gasteiger partial charge in [-0.15, -0.1) is 0 Å². The second-order valence-electron chi connectivity index (χ2n) is 24.4. The van der Waals surface area contributed by atoms with Crippen LogP contribution in [0.4, 0.5) is 11.4 Å². The molecule has 6 heteroatoms. The zero-order valence-corrected chi connectivity index (χ0v) is 45.4. The van der Waals surface area contributed by atoms with Crippen molar-refractivity contribution in [1.82, 2.24) is 0 Å². The van der Waals surface area contributed by atoms with E-state index in [-0.39, 0.29) is 71.0 Å². The number of fused-ring (bicyclic) bond motifs is 10. The van der Waals surface area contributed by atoms with E-state index < -0.39 is 0 Å². The highest BCUT2D eigenvalue weighted by atomic mass is 16.2. The Morgan fingerprint density at radius 3 is 0.885 bits per heavy atom. The topological polar surface area (TPSA) is 74.8 Å². The number of allylic oxidation sites excluding steroid dienone is 12. The summed E-state index contributed by atoms with van der Waals surface area (Å²) in [6.45, 7) is 17.0. The number of para-hydroxylation sites is 2. The molecule has 2 fully saturated rings. The SMILES string of the molecule is CC(C)c1cccc(C(C)C)c1N1C(=O)C2=CC=C3c4cc5cc6c(cc5cc4C4=CC=C(C1=O)C2C34)CCc1cc2cc3c(cc2cc1/C=C\6)C1=CC=C2C(=O)N(c4c(C(C)C)cccc4C(C)C)C(=O)C4=CC=C3C1C24. The molecular formula is C72H60N2O4. The molecule has 0 radical (unpaired) electrons. The van der Waals surface area contributed by atoms with Crippen LogP contribution in [0.15, 0.2) is 156 Å². The second-order valence-corrected chi connectivity index (χ2v) is 24.4. The predicted molar refractivity (Wildman–Crippen MR) is 317 cm³/mol. The van der Waals surface area contributed by atoms with Crippen molar-refractivity contribution in [3.8, 4) is 0 Å². The maximum absolute atomic E-state index is 14.8. The maximum Gasteiger partial charge on any atom is 0.261 e. The number of rotatable bonds is 6. The van der Waals surface area contributed by atoms with Gasteiger partial charge in [0.25, 0.3) is 23.6 Å². The number of aryl methyl sites for hydroxylation is 2. The van der Waals surface area contributed by atoms with Gasteiger partial charge in [0.2, 0.25) is 0 Å². The third-order valence-electron chi connectivity index (χ3n) is 18.9. The average Bonchev–Trinajstić information content (AvgIpc) is 3.79. The zero-order valence-electron chi connectivity index (χ0n) is 45.4. The predicted octanol–water partition coefficient (Wildman–Crippen LogP) is 15.7. The largest absolute Gasteiger partial charge is 0.269 e. The Morgan fingerprint density at radius 1 is 0.346 bits per heavy atom. The van der Waals surface area contributed by atoms with Crippen molar-refractivity contribution in [3.05, 3.63) is 223 Å². The average molecular weight is 1020 g/mol. The molecule has 4 amide bonds. The van der Waals surface area contributed by atoms with Gasteiger partial charge in [-0.2, -0.15) is 0 Å². The lowest BCUT2D eigenvalue weighted by atomic mass is 9.67. The van der Waals surface area contributed by atoms with Crippen molar-refractivity contribution in [2.45, 2.75) is 91.9 Å². The molecule has 2 saturated heterocycles. The molecule has 6 aromatic carbocycles. The zero-order chi connectivity index (χ0) is 53.5. The van der Waals surface area contributed by atoms with Crippen LogP contribution in [0.1, 0.15) is 146 Å². The lowest BCUT2D eigenvalue weighted by molar-refractivity contribution is -0.126. The van der Waals surface area contributed by atoms with Gasteiger partial charge >= 0.3 is 0 Å². The van der Waals surface area contributed by atoms with Crippen molar-refractivity contribution in [3.63, 3.8) is 0 Å². The molecule has 382 valence electrons. The third-order valence-corrected chi connectivity index (χ3v) is 18.9. The van der Waals surface area contributed by atoms with Gasteiger partial charge in [-0.05, 0) is 184 Å².